The summed E-state index contributed by atoms with van der Waals surface area (Å²) in [5.41, 5.74) is 4.86. The Morgan fingerprint density at radius 3 is 2.60 bits per heavy atom. The molecule has 6 nitrogen and oxygen atoms in total. The highest BCUT2D eigenvalue weighted by Gasteiger charge is 2.02. The number of aryl methyl sites for hydroxylation is 1. The van der Waals surface area contributed by atoms with Crippen LogP contribution in [0, 0.1) is 6.92 Å². The molecule has 0 aliphatic carbocycles. The maximum atomic E-state index is 11.1. The van der Waals surface area contributed by atoms with Crippen LogP contribution in [0.4, 0.5) is 5.69 Å². The van der Waals surface area contributed by atoms with Crippen LogP contribution in [-0.2, 0) is 6.54 Å². The summed E-state index contributed by atoms with van der Waals surface area (Å²) in [7, 11) is 0. The fourth-order valence-electron chi connectivity index (χ4n) is 2.01. The van der Waals surface area contributed by atoms with Crippen molar-refractivity contribution in [2.75, 3.05) is 5.32 Å². The first-order valence-electron chi connectivity index (χ1n) is 6.33. The highest BCUT2D eigenvalue weighted by atomic mass is 16.1. The van der Waals surface area contributed by atoms with E-state index in [0.29, 0.717) is 0 Å². The predicted molar refractivity (Wildman–Crippen MR) is 77.5 cm³/mol. The molecule has 0 aliphatic rings. The molecule has 0 spiro atoms. The summed E-state index contributed by atoms with van der Waals surface area (Å²) in [6.45, 7) is 2.72. The molecular formula is C14H15N5O. The van der Waals surface area contributed by atoms with Gasteiger partial charge in [-0.1, -0.05) is 12.1 Å². The van der Waals surface area contributed by atoms with Crippen molar-refractivity contribution in [3.8, 4) is 11.3 Å². The van der Waals surface area contributed by atoms with Crippen LogP contribution in [-0.4, -0.2) is 20.4 Å². The molecule has 0 saturated heterocycles. The van der Waals surface area contributed by atoms with E-state index in [-0.39, 0.29) is 5.56 Å². The van der Waals surface area contributed by atoms with Gasteiger partial charge in [0.15, 0.2) is 0 Å². The molecule has 2 heterocycles. The van der Waals surface area contributed by atoms with Crippen molar-refractivity contribution in [2.45, 2.75) is 13.5 Å². The van der Waals surface area contributed by atoms with Crippen molar-refractivity contribution in [1.29, 1.82) is 0 Å². The van der Waals surface area contributed by atoms with Crippen LogP contribution in [0.2, 0.25) is 0 Å². The SMILES string of the molecule is Cc1[nH]ncc1CNc1ccc(-c2cc(=O)[nH][nH]2)cc1. The lowest BCUT2D eigenvalue weighted by atomic mass is 10.1. The van der Waals surface area contributed by atoms with Gasteiger partial charge >= 0.3 is 0 Å². The average molecular weight is 269 g/mol. The molecule has 20 heavy (non-hydrogen) atoms. The minimum absolute atomic E-state index is 0.127. The van der Waals surface area contributed by atoms with Crippen molar-refractivity contribution in [2.24, 2.45) is 0 Å². The zero-order valence-electron chi connectivity index (χ0n) is 11.0. The monoisotopic (exact) mass is 269 g/mol. The summed E-state index contributed by atoms with van der Waals surface area (Å²) in [6, 6.07) is 9.43. The Morgan fingerprint density at radius 2 is 2.00 bits per heavy atom. The Labute approximate surface area is 115 Å². The van der Waals surface area contributed by atoms with Crippen molar-refractivity contribution >= 4 is 5.69 Å². The van der Waals surface area contributed by atoms with Gasteiger partial charge in [0, 0.05) is 29.6 Å². The first kappa shape index (κ1) is 12.3. The predicted octanol–water partition coefficient (Wildman–Crippen LogP) is 2.01. The van der Waals surface area contributed by atoms with E-state index in [2.05, 4.69) is 25.7 Å². The number of aromatic nitrogens is 4. The van der Waals surface area contributed by atoms with Crippen LogP contribution < -0.4 is 10.9 Å². The third-order valence-corrected chi connectivity index (χ3v) is 3.21. The number of anilines is 1. The number of nitrogens with zero attached hydrogens (tertiary/aromatic N) is 1. The van der Waals surface area contributed by atoms with Gasteiger partial charge in [-0.15, -0.1) is 0 Å². The second-order valence-electron chi connectivity index (χ2n) is 4.62. The molecule has 6 heteroatoms. The molecule has 1 aromatic carbocycles. The number of rotatable bonds is 4. The van der Waals surface area contributed by atoms with E-state index in [9.17, 15) is 4.79 Å². The smallest absolute Gasteiger partial charge is 0.264 e. The Bertz CT molecular complexity index is 750. The van der Waals surface area contributed by atoms with Crippen LogP contribution in [0.3, 0.4) is 0 Å². The molecule has 0 saturated carbocycles. The number of aromatic amines is 3. The van der Waals surface area contributed by atoms with Gasteiger partial charge in [0.1, 0.15) is 0 Å². The standard InChI is InChI=1S/C14H15N5O/c1-9-11(8-16-17-9)7-15-12-4-2-10(3-5-12)13-6-14(20)19-18-13/h2-6,8,15H,7H2,1H3,(H,16,17)(H2,18,19,20). The molecule has 3 rings (SSSR count). The van der Waals surface area contributed by atoms with Crippen molar-refractivity contribution in [1.82, 2.24) is 20.4 Å². The van der Waals surface area contributed by atoms with Crippen molar-refractivity contribution in [3.05, 3.63) is 58.1 Å². The zero-order valence-corrected chi connectivity index (χ0v) is 11.0. The molecule has 0 bridgehead atoms. The Morgan fingerprint density at radius 1 is 1.20 bits per heavy atom. The summed E-state index contributed by atoms with van der Waals surface area (Å²) in [4.78, 5) is 11.1. The maximum absolute atomic E-state index is 11.1. The Hall–Kier alpha value is -2.76. The zero-order chi connectivity index (χ0) is 13.9. The molecule has 0 amide bonds. The fourth-order valence-corrected chi connectivity index (χ4v) is 2.01. The lowest BCUT2D eigenvalue weighted by Gasteiger charge is -2.06. The van der Waals surface area contributed by atoms with E-state index in [1.165, 1.54) is 6.07 Å². The van der Waals surface area contributed by atoms with Crippen LogP contribution in [0.5, 0.6) is 0 Å². The molecule has 0 fully saturated rings. The largest absolute Gasteiger partial charge is 0.381 e. The molecule has 0 atom stereocenters. The number of hydrogen-bond donors (Lipinski definition) is 4. The van der Waals surface area contributed by atoms with E-state index in [1.807, 2.05) is 37.4 Å². The van der Waals surface area contributed by atoms with Crippen molar-refractivity contribution in [3.63, 3.8) is 0 Å². The number of H-pyrrole nitrogens is 3. The summed E-state index contributed by atoms with van der Waals surface area (Å²) in [6.07, 6.45) is 1.82. The number of nitrogens with one attached hydrogen (secondary N) is 4. The average Bonchev–Trinajstić information content (AvgIpc) is 3.06. The second kappa shape index (κ2) is 5.08. The van der Waals surface area contributed by atoms with Crippen LogP contribution in [0.25, 0.3) is 11.3 Å². The van der Waals surface area contributed by atoms with Crippen LogP contribution in [0.1, 0.15) is 11.3 Å². The molecule has 0 unspecified atom stereocenters. The Kier molecular flexibility index (Phi) is 3.12. The highest BCUT2D eigenvalue weighted by molar-refractivity contribution is 5.62. The maximum Gasteiger partial charge on any atom is 0.264 e. The molecule has 4 N–H and O–H groups in total. The normalized spacial score (nSPS) is 10.7. The summed E-state index contributed by atoms with van der Waals surface area (Å²) in [5, 5.41) is 15.6. The van der Waals surface area contributed by atoms with Gasteiger partial charge in [-0.2, -0.15) is 5.10 Å². The summed E-state index contributed by atoms with van der Waals surface area (Å²) in [5.74, 6) is 0. The van der Waals surface area contributed by atoms with Gasteiger partial charge < -0.3 is 5.32 Å². The van der Waals surface area contributed by atoms with E-state index >= 15 is 0 Å². The highest BCUT2D eigenvalue weighted by Crippen LogP contribution is 2.18. The second-order valence-corrected chi connectivity index (χ2v) is 4.62. The van der Waals surface area contributed by atoms with Gasteiger partial charge in [-0.05, 0) is 24.6 Å². The van der Waals surface area contributed by atoms with E-state index in [1.54, 1.807) is 0 Å². The minimum atomic E-state index is -0.127. The molecular weight excluding hydrogens is 254 g/mol. The van der Waals surface area contributed by atoms with Gasteiger partial charge in [-0.25, -0.2) is 0 Å². The third-order valence-electron chi connectivity index (χ3n) is 3.21. The molecule has 102 valence electrons. The van der Waals surface area contributed by atoms with E-state index in [4.69, 9.17) is 0 Å². The van der Waals surface area contributed by atoms with Crippen molar-refractivity contribution < 1.29 is 0 Å². The van der Waals surface area contributed by atoms with E-state index < -0.39 is 0 Å². The Balaban J connectivity index is 1.70. The van der Waals surface area contributed by atoms with Crippen LogP contribution >= 0.6 is 0 Å². The van der Waals surface area contributed by atoms with E-state index in [0.717, 1.165) is 34.7 Å². The lowest BCUT2D eigenvalue weighted by Crippen LogP contribution is -1.99. The first-order valence-corrected chi connectivity index (χ1v) is 6.33. The summed E-state index contributed by atoms with van der Waals surface area (Å²) >= 11 is 0. The van der Waals surface area contributed by atoms with Crippen LogP contribution in [0.15, 0.2) is 41.3 Å². The number of benzene rings is 1. The fraction of sp³-hybridized carbons (Fsp3) is 0.143. The molecule has 0 aliphatic heterocycles. The van der Waals surface area contributed by atoms with Gasteiger partial charge in [0.25, 0.3) is 5.56 Å². The van der Waals surface area contributed by atoms with Gasteiger partial charge in [-0.3, -0.25) is 20.1 Å². The third kappa shape index (κ3) is 2.49. The molecule has 2 aromatic heterocycles. The first-order chi connectivity index (χ1) is 9.72. The van der Waals surface area contributed by atoms with Gasteiger partial charge in [0.2, 0.25) is 0 Å². The number of hydrogen-bond acceptors (Lipinski definition) is 3. The lowest BCUT2D eigenvalue weighted by molar-refractivity contribution is 1.04. The minimum Gasteiger partial charge on any atom is -0.381 e. The topological polar surface area (TPSA) is 89.4 Å². The van der Waals surface area contributed by atoms with Gasteiger partial charge in [0.05, 0.1) is 11.9 Å². The molecule has 0 radical (unpaired) electrons. The quantitative estimate of drug-likeness (QED) is 0.584. The molecule has 3 aromatic rings. The summed E-state index contributed by atoms with van der Waals surface area (Å²) < 4.78 is 0.